The van der Waals surface area contributed by atoms with Crippen LogP contribution in [0.25, 0.3) is 0 Å². The minimum absolute atomic E-state index is 0.232. The molecule has 0 bridgehead atoms. The molecule has 2 aromatic rings. The molecule has 0 aliphatic rings. The lowest BCUT2D eigenvalue weighted by atomic mass is 10.0. The molecular formula is C15H21N3O2. The van der Waals surface area contributed by atoms with E-state index >= 15 is 0 Å². The zero-order valence-electron chi connectivity index (χ0n) is 12.1. The summed E-state index contributed by atoms with van der Waals surface area (Å²) in [5.74, 6) is 1.45. The second-order valence-electron chi connectivity index (χ2n) is 5.25. The Balaban J connectivity index is 2.18. The van der Waals surface area contributed by atoms with Gasteiger partial charge in [0.15, 0.2) is 0 Å². The number of ether oxygens (including phenoxy) is 1. The van der Waals surface area contributed by atoms with Crippen molar-refractivity contribution in [3.8, 4) is 0 Å². The van der Waals surface area contributed by atoms with E-state index in [0.29, 0.717) is 17.6 Å². The summed E-state index contributed by atoms with van der Waals surface area (Å²) >= 11 is 0. The van der Waals surface area contributed by atoms with Gasteiger partial charge in [-0.25, -0.2) is 0 Å². The summed E-state index contributed by atoms with van der Waals surface area (Å²) in [7, 11) is 1.63. The Bertz CT molecular complexity index is 525. The fraction of sp³-hybridized carbons (Fsp3) is 0.467. The largest absolute Gasteiger partial charge is 0.369 e. The van der Waals surface area contributed by atoms with Gasteiger partial charge in [0.2, 0.25) is 11.7 Å². The molecule has 2 rings (SSSR count). The van der Waals surface area contributed by atoms with E-state index in [1.54, 1.807) is 7.11 Å². The molecule has 5 heteroatoms. The van der Waals surface area contributed by atoms with Crippen molar-refractivity contribution < 1.29 is 9.26 Å². The Morgan fingerprint density at radius 1 is 1.25 bits per heavy atom. The van der Waals surface area contributed by atoms with Crippen LogP contribution >= 0.6 is 0 Å². The molecule has 1 aromatic heterocycles. The number of hydrogen-bond donors (Lipinski definition) is 1. The highest BCUT2D eigenvalue weighted by atomic mass is 16.5. The third kappa shape index (κ3) is 3.43. The number of methoxy groups -OCH3 is 1. The molecule has 0 radical (unpaired) electrons. The lowest BCUT2D eigenvalue weighted by molar-refractivity contribution is 0.126. The van der Waals surface area contributed by atoms with Gasteiger partial charge in [0, 0.05) is 7.11 Å². The molecule has 2 atom stereocenters. The highest BCUT2D eigenvalue weighted by molar-refractivity contribution is 5.22. The molecule has 2 N–H and O–H groups in total. The van der Waals surface area contributed by atoms with Gasteiger partial charge in [-0.15, -0.1) is 0 Å². The molecule has 0 fully saturated rings. The van der Waals surface area contributed by atoms with E-state index in [-0.39, 0.29) is 12.1 Å². The van der Waals surface area contributed by atoms with E-state index in [2.05, 4.69) is 24.0 Å². The van der Waals surface area contributed by atoms with Gasteiger partial charge >= 0.3 is 0 Å². The monoisotopic (exact) mass is 275 g/mol. The van der Waals surface area contributed by atoms with Gasteiger partial charge < -0.3 is 15.0 Å². The topological polar surface area (TPSA) is 74.2 Å². The van der Waals surface area contributed by atoms with Crippen LogP contribution in [-0.2, 0) is 4.74 Å². The maximum Gasteiger partial charge on any atom is 0.243 e. The highest BCUT2D eigenvalue weighted by Crippen LogP contribution is 2.24. The predicted octanol–water partition coefficient (Wildman–Crippen LogP) is 2.85. The van der Waals surface area contributed by atoms with E-state index in [1.807, 2.05) is 30.3 Å². The van der Waals surface area contributed by atoms with E-state index in [1.165, 1.54) is 0 Å². The minimum atomic E-state index is -0.333. The predicted molar refractivity (Wildman–Crippen MR) is 76.0 cm³/mol. The molecule has 0 amide bonds. The summed E-state index contributed by atoms with van der Waals surface area (Å²) < 4.78 is 10.7. The summed E-state index contributed by atoms with van der Waals surface area (Å²) in [4.78, 5) is 4.38. The molecule has 20 heavy (non-hydrogen) atoms. The van der Waals surface area contributed by atoms with Crippen LogP contribution in [0.2, 0.25) is 0 Å². The summed E-state index contributed by atoms with van der Waals surface area (Å²) in [5.41, 5.74) is 7.04. The molecule has 0 spiro atoms. The van der Waals surface area contributed by atoms with Crippen molar-refractivity contribution in [2.45, 2.75) is 32.4 Å². The molecule has 1 aromatic carbocycles. The van der Waals surface area contributed by atoms with Crippen LogP contribution in [0.1, 0.15) is 49.7 Å². The van der Waals surface area contributed by atoms with Crippen LogP contribution in [0.15, 0.2) is 34.9 Å². The number of rotatable bonds is 6. The van der Waals surface area contributed by atoms with Crippen LogP contribution < -0.4 is 5.73 Å². The average Bonchev–Trinajstić information content (AvgIpc) is 2.90. The van der Waals surface area contributed by atoms with Crippen molar-refractivity contribution in [2.24, 2.45) is 11.7 Å². The van der Waals surface area contributed by atoms with Crippen LogP contribution in [0.3, 0.4) is 0 Å². The van der Waals surface area contributed by atoms with E-state index < -0.39 is 0 Å². The summed E-state index contributed by atoms with van der Waals surface area (Å²) in [6.45, 7) is 4.22. The Labute approximate surface area is 119 Å². The Hall–Kier alpha value is -1.72. The maximum absolute atomic E-state index is 6.05. The fourth-order valence-corrected chi connectivity index (χ4v) is 2.13. The van der Waals surface area contributed by atoms with Crippen molar-refractivity contribution in [1.29, 1.82) is 0 Å². The Morgan fingerprint density at radius 3 is 2.55 bits per heavy atom. The molecule has 1 heterocycles. The summed E-state index contributed by atoms with van der Waals surface area (Å²) in [6, 6.07) is 9.57. The number of nitrogens with zero attached hydrogens (tertiary/aromatic N) is 2. The maximum atomic E-state index is 6.05. The third-order valence-electron chi connectivity index (χ3n) is 3.07. The zero-order valence-corrected chi connectivity index (χ0v) is 12.1. The first-order valence-electron chi connectivity index (χ1n) is 6.78. The standard InChI is InChI=1S/C15H21N3O2/c1-10(2)9-12(16)15-17-14(18-20-15)13(19-3)11-7-5-4-6-8-11/h4-8,10,12-13H,9,16H2,1-3H3/t12-,13?/m1/s1. The minimum Gasteiger partial charge on any atom is -0.369 e. The van der Waals surface area contributed by atoms with Crippen molar-refractivity contribution in [2.75, 3.05) is 7.11 Å². The molecule has 0 saturated carbocycles. The summed E-state index contributed by atoms with van der Waals surface area (Å²) in [6.07, 6.45) is 0.477. The van der Waals surface area contributed by atoms with Crippen LogP contribution in [0.4, 0.5) is 0 Å². The number of nitrogens with two attached hydrogens (primary N) is 1. The first-order chi connectivity index (χ1) is 9.61. The lowest BCUT2D eigenvalue weighted by Crippen LogP contribution is -2.13. The lowest BCUT2D eigenvalue weighted by Gasteiger charge is -2.11. The average molecular weight is 275 g/mol. The second-order valence-corrected chi connectivity index (χ2v) is 5.25. The molecule has 0 aliphatic heterocycles. The van der Waals surface area contributed by atoms with Crippen molar-refractivity contribution >= 4 is 0 Å². The smallest absolute Gasteiger partial charge is 0.243 e. The van der Waals surface area contributed by atoms with Gasteiger partial charge in [-0.3, -0.25) is 0 Å². The Kier molecular flexibility index (Phi) is 4.87. The number of aromatic nitrogens is 2. The Morgan fingerprint density at radius 2 is 1.95 bits per heavy atom. The first kappa shape index (κ1) is 14.7. The van der Waals surface area contributed by atoms with Gasteiger partial charge in [-0.05, 0) is 17.9 Å². The second kappa shape index (κ2) is 6.63. The zero-order chi connectivity index (χ0) is 14.5. The summed E-state index contributed by atoms with van der Waals surface area (Å²) in [5, 5.41) is 4.00. The molecule has 1 unspecified atom stereocenters. The molecular weight excluding hydrogens is 254 g/mol. The highest BCUT2D eigenvalue weighted by Gasteiger charge is 2.22. The number of hydrogen-bond acceptors (Lipinski definition) is 5. The van der Waals surface area contributed by atoms with E-state index in [4.69, 9.17) is 15.0 Å². The van der Waals surface area contributed by atoms with E-state index in [0.717, 1.165) is 12.0 Å². The normalized spacial score (nSPS) is 14.4. The van der Waals surface area contributed by atoms with Gasteiger partial charge in [0.25, 0.3) is 0 Å². The molecule has 5 nitrogen and oxygen atoms in total. The van der Waals surface area contributed by atoms with Gasteiger partial charge in [0.05, 0.1) is 6.04 Å². The van der Waals surface area contributed by atoms with Crippen LogP contribution in [0, 0.1) is 5.92 Å². The first-order valence-corrected chi connectivity index (χ1v) is 6.78. The SMILES string of the molecule is COC(c1ccccc1)c1noc([C@H](N)CC(C)C)n1. The van der Waals surface area contributed by atoms with Gasteiger partial charge in [-0.2, -0.15) is 4.98 Å². The van der Waals surface area contributed by atoms with Crippen molar-refractivity contribution in [3.63, 3.8) is 0 Å². The van der Waals surface area contributed by atoms with Gasteiger partial charge in [-0.1, -0.05) is 49.3 Å². The van der Waals surface area contributed by atoms with Crippen LogP contribution in [-0.4, -0.2) is 17.3 Å². The van der Waals surface area contributed by atoms with E-state index in [9.17, 15) is 0 Å². The van der Waals surface area contributed by atoms with Crippen LogP contribution in [0.5, 0.6) is 0 Å². The quantitative estimate of drug-likeness (QED) is 0.877. The molecule has 108 valence electrons. The van der Waals surface area contributed by atoms with Gasteiger partial charge in [0.1, 0.15) is 6.10 Å². The van der Waals surface area contributed by atoms with Crippen molar-refractivity contribution in [3.05, 3.63) is 47.6 Å². The third-order valence-corrected chi connectivity index (χ3v) is 3.07. The number of benzene rings is 1. The fourth-order valence-electron chi connectivity index (χ4n) is 2.13. The molecule has 0 saturated heterocycles. The van der Waals surface area contributed by atoms with Crippen molar-refractivity contribution in [1.82, 2.24) is 10.1 Å². The molecule has 0 aliphatic carbocycles.